The number of benzene rings is 1. The smallest absolute Gasteiger partial charge is 0.251 e. The van der Waals surface area contributed by atoms with Crippen LogP contribution in [-0.4, -0.2) is 63.7 Å². The van der Waals surface area contributed by atoms with Crippen LogP contribution in [0, 0.1) is 5.92 Å². The summed E-state index contributed by atoms with van der Waals surface area (Å²) in [4.78, 5) is 17.8. The second-order valence-corrected chi connectivity index (χ2v) is 10.8. The number of phenols is 1. The molecule has 1 amide bonds. The molecule has 3 atom stereocenters. The van der Waals surface area contributed by atoms with E-state index in [2.05, 4.69) is 17.9 Å². The van der Waals surface area contributed by atoms with Crippen LogP contribution in [0.25, 0.3) is 0 Å². The van der Waals surface area contributed by atoms with Gasteiger partial charge in [0.05, 0.1) is 0 Å². The number of piperidine rings is 1. The standard InChI is InChI=1S/C28H44N2O3/c1-2-3-12-27(32)28(33)29(20-21-8-5-4-6-9-21)15-16-30-24-13-14-25(30)18-23(17-24)22-10-7-11-26(31)19-22/h7,10-11,19,21,23-25,27,31-32H,2-6,8-9,12-18,20H2,1H3. The maximum absolute atomic E-state index is 13.2. The van der Waals surface area contributed by atoms with Gasteiger partial charge in [-0.2, -0.15) is 0 Å². The third-order valence-corrected chi connectivity index (χ3v) is 8.49. The van der Waals surface area contributed by atoms with Gasteiger partial charge in [-0.15, -0.1) is 0 Å². The molecule has 1 aromatic carbocycles. The molecule has 1 aliphatic carbocycles. The zero-order valence-corrected chi connectivity index (χ0v) is 20.5. The Kier molecular flexibility index (Phi) is 8.70. The summed E-state index contributed by atoms with van der Waals surface area (Å²) in [5.74, 6) is 1.42. The van der Waals surface area contributed by atoms with Crippen molar-refractivity contribution in [2.45, 2.75) is 108 Å². The number of hydrogen-bond donors (Lipinski definition) is 2. The minimum Gasteiger partial charge on any atom is -0.508 e. The van der Waals surface area contributed by atoms with Crippen molar-refractivity contribution in [3.05, 3.63) is 29.8 Å². The average Bonchev–Trinajstić information content (AvgIpc) is 3.06. The Bertz CT molecular complexity index is 749. The summed E-state index contributed by atoms with van der Waals surface area (Å²) in [6.45, 7) is 4.58. The van der Waals surface area contributed by atoms with Gasteiger partial charge in [0.1, 0.15) is 11.9 Å². The third kappa shape index (κ3) is 6.30. The quantitative estimate of drug-likeness (QED) is 0.516. The molecule has 1 aromatic rings. The van der Waals surface area contributed by atoms with Crippen molar-refractivity contribution in [1.82, 2.24) is 9.80 Å². The Hall–Kier alpha value is -1.59. The number of unbranched alkanes of at least 4 members (excludes halogenated alkanes) is 1. The first kappa shape index (κ1) is 24.5. The van der Waals surface area contributed by atoms with Gasteiger partial charge in [-0.05, 0) is 74.5 Å². The Morgan fingerprint density at radius 1 is 1.12 bits per heavy atom. The zero-order valence-electron chi connectivity index (χ0n) is 20.5. The molecule has 2 heterocycles. The number of carbonyl (C=O) groups excluding carboxylic acids is 1. The Morgan fingerprint density at radius 2 is 1.85 bits per heavy atom. The van der Waals surface area contributed by atoms with E-state index in [1.807, 2.05) is 17.0 Å². The van der Waals surface area contributed by atoms with Crippen molar-refractivity contribution in [1.29, 1.82) is 0 Å². The van der Waals surface area contributed by atoms with E-state index in [-0.39, 0.29) is 5.91 Å². The predicted octanol–water partition coefficient (Wildman–Crippen LogP) is 5.06. The summed E-state index contributed by atoms with van der Waals surface area (Å²) < 4.78 is 0. The SMILES string of the molecule is CCCCC(O)C(=O)N(CCN1C2CCC1CC(c1cccc(O)c1)C2)CC1CCCCC1. The summed E-state index contributed by atoms with van der Waals surface area (Å²) in [5.41, 5.74) is 1.26. The molecule has 2 N–H and O–H groups in total. The molecule has 0 spiro atoms. The van der Waals surface area contributed by atoms with Gasteiger partial charge >= 0.3 is 0 Å². The summed E-state index contributed by atoms with van der Waals surface area (Å²) in [6, 6.07) is 8.92. The summed E-state index contributed by atoms with van der Waals surface area (Å²) in [7, 11) is 0. The van der Waals surface area contributed by atoms with E-state index in [1.54, 1.807) is 6.07 Å². The first-order chi connectivity index (χ1) is 16.0. The molecule has 0 radical (unpaired) electrons. The molecule has 5 nitrogen and oxygen atoms in total. The normalized spacial score (nSPS) is 26.9. The first-order valence-corrected chi connectivity index (χ1v) is 13.6. The molecule has 1 saturated carbocycles. The van der Waals surface area contributed by atoms with Crippen LogP contribution in [-0.2, 0) is 4.79 Å². The number of hydrogen-bond acceptors (Lipinski definition) is 4. The summed E-state index contributed by atoms with van der Waals surface area (Å²) in [5, 5.41) is 20.5. The van der Waals surface area contributed by atoms with Crippen molar-refractivity contribution in [2.75, 3.05) is 19.6 Å². The van der Waals surface area contributed by atoms with Gasteiger partial charge in [0, 0.05) is 31.7 Å². The van der Waals surface area contributed by atoms with Crippen LogP contribution in [0.3, 0.4) is 0 Å². The highest BCUT2D eigenvalue weighted by Gasteiger charge is 2.41. The van der Waals surface area contributed by atoms with Crippen molar-refractivity contribution in [2.24, 2.45) is 5.92 Å². The molecule has 4 rings (SSSR count). The van der Waals surface area contributed by atoms with Crippen LogP contribution < -0.4 is 0 Å². The van der Waals surface area contributed by atoms with Crippen LogP contribution in [0.5, 0.6) is 5.75 Å². The minimum atomic E-state index is -0.846. The van der Waals surface area contributed by atoms with E-state index >= 15 is 0 Å². The second kappa shape index (κ2) is 11.7. The number of aliphatic hydroxyl groups is 1. The van der Waals surface area contributed by atoms with E-state index < -0.39 is 6.10 Å². The molecule has 3 unspecified atom stereocenters. The van der Waals surface area contributed by atoms with Crippen molar-refractivity contribution >= 4 is 5.91 Å². The fraction of sp³-hybridized carbons (Fsp3) is 0.750. The van der Waals surface area contributed by atoms with Crippen LogP contribution in [0.15, 0.2) is 24.3 Å². The van der Waals surface area contributed by atoms with E-state index in [4.69, 9.17) is 0 Å². The number of carbonyl (C=O) groups is 1. The van der Waals surface area contributed by atoms with Gasteiger partial charge in [-0.3, -0.25) is 9.69 Å². The lowest BCUT2D eigenvalue weighted by Gasteiger charge is -2.41. The lowest BCUT2D eigenvalue weighted by Crippen LogP contribution is -2.49. The first-order valence-electron chi connectivity index (χ1n) is 13.6. The van der Waals surface area contributed by atoms with Crippen molar-refractivity contribution in [3.63, 3.8) is 0 Å². The topological polar surface area (TPSA) is 64.0 Å². The number of phenolic OH excluding ortho intramolecular Hbond substituents is 1. The van der Waals surface area contributed by atoms with Gasteiger partial charge in [0.15, 0.2) is 0 Å². The number of fused-ring (bicyclic) bond motifs is 2. The summed E-state index contributed by atoms with van der Waals surface area (Å²) >= 11 is 0. The molecule has 2 aliphatic heterocycles. The van der Waals surface area contributed by atoms with Gasteiger partial charge in [0.25, 0.3) is 5.91 Å². The average molecular weight is 457 g/mol. The molecule has 184 valence electrons. The van der Waals surface area contributed by atoms with E-state index in [0.717, 1.165) is 45.3 Å². The van der Waals surface area contributed by atoms with Gasteiger partial charge in [0.2, 0.25) is 0 Å². The zero-order chi connectivity index (χ0) is 23.2. The second-order valence-electron chi connectivity index (χ2n) is 10.8. The number of aromatic hydroxyl groups is 1. The lowest BCUT2D eigenvalue weighted by molar-refractivity contribution is -0.141. The minimum absolute atomic E-state index is 0.0454. The molecular formula is C28H44N2O3. The molecule has 33 heavy (non-hydrogen) atoms. The lowest BCUT2D eigenvalue weighted by atomic mass is 9.85. The van der Waals surface area contributed by atoms with Crippen LogP contribution in [0.2, 0.25) is 0 Å². The van der Waals surface area contributed by atoms with E-state index in [1.165, 1.54) is 50.5 Å². The fourth-order valence-electron chi connectivity index (χ4n) is 6.63. The molecule has 5 heteroatoms. The fourth-order valence-corrected chi connectivity index (χ4v) is 6.63. The summed E-state index contributed by atoms with van der Waals surface area (Å²) in [6.07, 6.45) is 12.7. The Labute approximate surface area is 200 Å². The van der Waals surface area contributed by atoms with Crippen LogP contribution >= 0.6 is 0 Å². The third-order valence-electron chi connectivity index (χ3n) is 8.49. The maximum Gasteiger partial charge on any atom is 0.251 e. The number of amides is 1. The van der Waals surface area contributed by atoms with Gasteiger partial charge in [-0.25, -0.2) is 0 Å². The number of nitrogens with zero attached hydrogens (tertiary/aromatic N) is 2. The largest absolute Gasteiger partial charge is 0.508 e. The van der Waals surface area contributed by atoms with Crippen molar-refractivity contribution in [3.8, 4) is 5.75 Å². The highest BCUT2D eigenvalue weighted by molar-refractivity contribution is 5.80. The Balaban J connectivity index is 1.37. The number of rotatable bonds is 10. The monoisotopic (exact) mass is 456 g/mol. The van der Waals surface area contributed by atoms with Gasteiger partial charge < -0.3 is 15.1 Å². The Morgan fingerprint density at radius 3 is 2.52 bits per heavy atom. The molecule has 2 saturated heterocycles. The number of aliphatic hydroxyl groups excluding tert-OH is 1. The molecule has 2 bridgehead atoms. The molecular weight excluding hydrogens is 412 g/mol. The van der Waals surface area contributed by atoms with E-state index in [0.29, 0.717) is 36.1 Å². The van der Waals surface area contributed by atoms with E-state index in [9.17, 15) is 15.0 Å². The van der Waals surface area contributed by atoms with Crippen molar-refractivity contribution < 1.29 is 15.0 Å². The highest BCUT2D eigenvalue weighted by atomic mass is 16.3. The van der Waals surface area contributed by atoms with Crippen LogP contribution in [0.4, 0.5) is 0 Å². The maximum atomic E-state index is 13.2. The van der Waals surface area contributed by atoms with Crippen LogP contribution in [0.1, 0.15) is 95.5 Å². The molecule has 0 aromatic heterocycles. The predicted molar refractivity (Wildman–Crippen MR) is 132 cm³/mol. The molecule has 3 aliphatic rings. The highest BCUT2D eigenvalue weighted by Crippen LogP contribution is 2.43. The molecule has 3 fully saturated rings. The van der Waals surface area contributed by atoms with Gasteiger partial charge in [-0.1, -0.05) is 51.2 Å².